The van der Waals surface area contributed by atoms with E-state index < -0.39 is 10.0 Å². The number of nitrogens with zero attached hydrogens (tertiary/aromatic N) is 1. The molecule has 0 aliphatic rings. The number of aryl methyl sites for hydroxylation is 2. The Hall–Kier alpha value is -1.79. The van der Waals surface area contributed by atoms with Crippen LogP contribution in [0.1, 0.15) is 11.3 Å². The van der Waals surface area contributed by atoms with Crippen LogP contribution in [0.15, 0.2) is 35.2 Å². The minimum absolute atomic E-state index is 0.0827. The van der Waals surface area contributed by atoms with Crippen molar-refractivity contribution in [3.63, 3.8) is 0 Å². The van der Waals surface area contributed by atoms with Crippen molar-refractivity contribution in [2.45, 2.75) is 18.7 Å². The monoisotopic (exact) mass is 326 g/mol. The fourth-order valence-corrected chi connectivity index (χ4v) is 3.39. The smallest absolute Gasteiger partial charge is 0.265 e. The van der Waals surface area contributed by atoms with Crippen LogP contribution >= 0.6 is 11.6 Å². The SMILES string of the molecule is COc1ccc(C)cc1S(=O)(=O)Nc1ccc(Cl)nc1C. The number of benzene rings is 1. The predicted octanol–water partition coefficient (Wildman–Crippen LogP) is 3.16. The molecule has 0 atom stereocenters. The van der Waals surface area contributed by atoms with Crippen molar-refractivity contribution in [1.29, 1.82) is 0 Å². The number of ether oxygens (including phenoxy) is 1. The predicted molar refractivity (Wildman–Crippen MR) is 82.5 cm³/mol. The molecule has 1 aromatic heterocycles. The Morgan fingerprint density at radius 1 is 1.19 bits per heavy atom. The zero-order chi connectivity index (χ0) is 15.6. The van der Waals surface area contributed by atoms with Gasteiger partial charge < -0.3 is 4.74 Å². The first-order valence-corrected chi connectivity index (χ1v) is 8.00. The minimum atomic E-state index is -3.77. The normalized spacial score (nSPS) is 11.2. The molecule has 2 rings (SSSR count). The molecule has 0 fully saturated rings. The van der Waals surface area contributed by atoms with Gasteiger partial charge in [-0.15, -0.1) is 0 Å². The molecule has 0 unspecified atom stereocenters. The van der Waals surface area contributed by atoms with E-state index in [0.29, 0.717) is 16.5 Å². The van der Waals surface area contributed by atoms with E-state index in [1.165, 1.54) is 13.2 Å². The number of aromatic nitrogens is 1. The first-order valence-electron chi connectivity index (χ1n) is 6.14. The summed E-state index contributed by atoms with van der Waals surface area (Å²) >= 11 is 5.77. The third-order valence-electron chi connectivity index (χ3n) is 2.90. The molecule has 1 heterocycles. The van der Waals surface area contributed by atoms with Gasteiger partial charge in [0.15, 0.2) is 0 Å². The van der Waals surface area contributed by atoms with Crippen molar-refractivity contribution < 1.29 is 13.2 Å². The Morgan fingerprint density at radius 3 is 2.52 bits per heavy atom. The second kappa shape index (κ2) is 5.91. The topological polar surface area (TPSA) is 68.3 Å². The fraction of sp³-hybridized carbons (Fsp3) is 0.214. The molecule has 0 amide bonds. The summed E-state index contributed by atoms with van der Waals surface area (Å²) in [7, 11) is -2.34. The van der Waals surface area contributed by atoms with Crippen molar-refractivity contribution in [2.24, 2.45) is 0 Å². The lowest BCUT2D eigenvalue weighted by Gasteiger charge is -2.13. The average molecular weight is 327 g/mol. The summed E-state index contributed by atoms with van der Waals surface area (Å²) in [6.45, 7) is 3.49. The van der Waals surface area contributed by atoms with Gasteiger partial charge >= 0.3 is 0 Å². The lowest BCUT2D eigenvalue weighted by molar-refractivity contribution is 0.402. The van der Waals surface area contributed by atoms with Crippen molar-refractivity contribution in [3.05, 3.63) is 46.7 Å². The second-order valence-electron chi connectivity index (χ2n) is 4.53. The van der Waals surface area contributed by atoms with Gasteiger partial charge in [-0.25, -0.2) is 13.4 Å². The molecule has 2 aromatic rings. The van der Waals surface area contributed by atoms with E-state index in [0.717, 1.165) is 5.56 Å². The fourth-order valence-electron chi connectivity index (χ4n) is 1.83. The van der Waals surface area contributed by atoms with Crippen LogP contribution in [0.3, 0.4) is 0 Å². The van der Waals surface area contributed by atoms with Crippen molar-refractivity contribution in [3.8, 4) is 5.75 Å². The highest BCUT2D eigenvalue weighted by Crippen LogP contribution is 2.27. The van der Waals surface area contributed by atoms with Crippen LogP contribution in [-0.4, -0.2) is 20.5 Å². The number of halogens is 1. The minimum Gasteiger partial charge on any atom is -0.495 e. The number of hydrogen-bond donors (Lipinski definition) is 1. The molecule has 5 nitrogen and oxygen atoms in total. The van der Waals surface area contributed by atoms with Crippen LogP contribution < -0.4 is 9.46 Å². The van der Waals surface area contributed by atoms with Crippen molar-refractivity contribution in [1.82, 2.24) is 4.98 Å². The summed E-state index contributed by atoms with van der Waals surface area (Å²) in [6, 6.07) is 8.06. The van der Waals surface area contributed by atoms with Gasteiger partial charge in [0, 0.05) is 0 Å². The molecule has 0 saturated heterocycles. The number of nitrogens with one attached hydrogen (secondary N) is 1. The van der Waals surface area contributed by atoms with E-state index in [9.17, 15) is 8.42 Å². The Bertz CT molecular complexity index is 776. The molecular weight excluding hydrogens is 312 g/mol. The summed E-state index contributed by atoms with van der Waals surface area (Å²) in [6.07, 6.45) is 0. The average Bonchev–Trinajstić information content (AvgIpc) is 2.42. The molecule has 112 valence electrons. The molecule has 7 heteroatoms. The van der Waals surface area contributed by atoms with E-state index in [4.69, 9.17) is 16.3 Å². The third-order valence-corrected chi connectivity index (χ3v) is 4.50. The number of sulfonamides is 1. The van der Waals surface area contributed by atoms with Crippen LogP contribution in [0.4, 0.5) is 5.69 Å². The van der Waals surface area contributed by atoms with Gasteiger partial charge in [-0.3, -0.25) is 4.72 Å². The van der Waals surface area contributed by atoms with E-state index >= 15 is 0 Å². The van der Waals surface area contributed by atoms with Crippen LogP contribution in [0.5, 0.6) is 5.75 Å². The third kappa shape index (κ3) is 3.46. The molecule has 0 bridgehead atoms. The highest BCUT2D eigenvalue weighted by Gasteiger charge is 2.20. The standard InChI is InChI=1S/C14H15ClN2O3S/c1-9-4-6-12(20-3)13(8-9)21(18,19)17-11-5-7-14(15)16-10(11)2/h4-8,17H,1-3H3. The number of anilines is 1. The second-order valence-corrected chi connectivity index (χ2v) is 6.56. The van der Waals surface area contributed by atoms with Crippen LogP contribution in [0.25, 0.3) is 0 Å². The molecule has 21 heavy (non-hydrogen) atoms. The van der Waals surface area contributed by atoms with Gasteiger partial charge in [-0.2, -0.15) is 0 Å². The summed E-state index contributed by atoms with van der Waals surface area (Å²) in [4.78, 5) is 4.10. The molecule has 0 aliphatic heterocycles. The van der Waals surface area contributed by atoms with Crippen molar-refractivity contribution >= 4 is 27.3 Å². The van der Waals surface area contributed by atoms with Crippen LogP contribution in [-0.2, 0) is 10.0 Å². The number of hydrogen-bond acceptors (Lipinski definition) is 4. The number of methoxy groups -OCH3 is 1. The largest absolute Gasteiger partial charge is 0.495 e. The maximum atomic E-state index is 12.5. The summed E-state index contributed by atoms with van der Waals surface area (Å²) < 4.78 is 32.7. The van der Waals surface area contributed by atoms with Crippen LogP contribution in [0, 0.1) is 13.8 Å². The Morgan fingerprint density at radius 2 is 1.90 bits per heavy atom. The number of rotatable bonds is 4. The van der Waals surface area contributed by atoms with E-state index in [1.807, 2.05) is 6.92 Å². The molecule has 1 N–H and O–H groups in total. The first-order chi connectivity index (χ1) is 9.83. The molecule has 0 aliphatic carbocycles. The maximum absolute atomic E-state index is 12.5. The Labute approximate surface area is 129 Å². The van der Waals surface area contributed by atoms with Gasteiger partial charge in [0.05, 0.1) is 18.5 Å². The van der Waals surface area contributed by atoms with Crippen molar-refractivity contribution in [2.75, 3.05) is 11.8 Å². The Kier molecular flexibility index (Phi) is 4.39. The molecule has 0 radical (unpaired) electrons. The quantitative estimate of drug-likeness (QED) is 0.876. The molecule has 0 saturated carbocycles. The van der Waals surface area contributed by atoms with Crippen LogP contribution in [0.2, 0.25) is 5.15 Å². The lowest BCUT2D eigenvalue weighted by atomic mass is 10.2. The van der Waals surface area contributed by atoms with Gasteiger partial charge in [0.2, 0.25) is 0 Å². The van der Waals surface area contributed by atoms with Gasteiger partial charge in [-0.05, 0) is 43.7 Å². The molecule has 1 aromatic carbocycles. The number of pyridine rings is 1. The maximum Gasteiger partial charge on any atom is 0.265 e. The van der Waals surface area contributed by atoms with Gasteiger partial charge in [-0.1, -0.05) is 17.7 Å². The summed E-state index contributed by atoms with van der Waals surface area (Å²) in [5, 5.41) is 0.309. The zero-order valence-corrected chi connectivity index (χ0v) is 13.4. The summed E-state index contributed by atoms with van der Waals surface area (Å²) in [5.74, 6) is 0.285. The van der Waals surface area contributed by atoms with E-state index in [2.05, 4.69) is 9.71 Å². The highest BCUT2D eigenvalue weighted by atomic mass is 35.5. The van der Waals surface area contributed by atoms with E-state index in [1.54, 1.807) is 31.2 Å². The Balaban J connectivity index is 2.45. The van der Waals surface area contributed by atoms with Gasteiger partial charge in [0.1, 0.15) is 15.8 Å². The lowest BCUT2D eigenvalue weighted by Crippen LogP contribution is -2.15. The molecule has 0 spiro atoms. The highest BCUT2D eigenvalue weighted by molar-refractivity contribution is 7.92. The zero-order valence-electron chi connectivity index (χ0n) is 11.8. The summed E-state index contributed by atoms with van der Waals surface area (Å²) in [5.41, 5.74) is 1.70. The first kappa shape index (κ1) is 15.6. The van der Waals surface area contributed by atoms with Gasteiger partial charge in [0.25, 0.3) is 10.0 Å². The molecular formula is C14H15ClN2O3S. The van der Waals surface area contributed by atoms with E-state index in [-0.39, 0.29) is 10.6 Å².